The van der Waals surface area contributed by atoms with Crippen LogP contribution < -0.4 is 19.5 Å². The van der Waals surface area contributed by atoms with Crippen LogP contribution in [-0.4, -0.2) is 18.5 Å². The molecule has 7 heteroatoms. The standard InChI is InChI=1S/C21H17NO6/c1-13(23)14-2-4-15(5-3-14)22-21(24)19-9-7-17(28-19)11-25-16-6-8-18-20(10-16)27-12-26-18/h2-10H,11-12H2,1H3,(H,22,24). The van der Waals surface area contributed by atoms with Gasteiger partial charge in [-0.2, -0.15) is 0 Å². The lowest BCUT2D eigenvalue weighted by molar-refractivity contribution is 0.0990. The van der Waals surface area contributed by atoms with E-state index in [-0.39, 0.29) is 30.9 Å². The van der Waals surface area contributed by atoms with Crippen molar-refractivity contribution in [2.24, 2.45) is 0 Å². The SMILES string of the molecule is CC(=O)c1ccc(NC(=O)c2ccc(COc3ccc4c(c3)OCO4)o2)cc1. The van der Waals surface area contributed by atoms with Gasteiger partial charge in [0.2, 0.25) is 6.79 Å². The summed E-state index contributed by atoms with van der Waals surface area (Å²) in [5.74, 6) is 2.18. The predicted molar refractivity (Wildman–Crippen MR) is 100 cm³/mol. The van der Waals surface area contributed by atoms with Crippen LogP contribution in [0.5, 0.6) is 17.2 Å². The number of fused-ring (bicyclic) bond motifs is 1. The topological polar surface area (TPSA) is 87.0 Å². The Hall–Kier alpha value is -3.74. The molecule has 0 atom stereocenters. The van der Waals surface area contributed by atoms with Crippen LogP contribution in [0.1, 0.15) is 33.6 Å². The molecule has 0 bridgehead atoms. The van der Waals surface area contributed by atoms with E-state index in [2.05, 4.69) is 5.32 Å². The molecule has 2 heterocycles. The molecule has 0 saturated heterocycles. The Morgan fingerprint density at radius 1 is 1.00 bits per heavy atom. The second-order valence-corrected chi connectivity index (χ2v) is 6.16. The van der Waals surface area contributed by atoms with E-state index in [4.69, 9.17) is 18.6 Å². The van der Waals surface area contributed by atoms with Gasteiger partial charge >= 0.3 is 0 Å². The molecule has 3 aromatic rings. The highest BCUT2D eigenvalue weighted by atomic mass is 16.7. The number of hydrogen-bond acceptors (Lipinski definition) is 6. The van der Waals surface area contributed by atoms with Gasteiger partial charge in [-0.1, -0.05) is 0 Å². The first kappa shape index (κ1) is 17.7. The first-order valence-corrected chi connectivity index (χ1v) is 8.62. The molecule has 1 aliphatic rings. The van der Waals surface area contributed by atoms with Gasteiger partial charge in [0, 0.05) is 17.3 Å². The Morgan fingerprint density at radius 3 is 2.57 bits per heavy atom. The molecule has 0 fully saturated rings. The van der Waals surface area contributed by atoms with Crippen LogP contribution in [0.2, 0.25) is 0 Å². The molecule has 4 rings (SSSR count). The fraction of sp³-hybridized carbons (Fsp3) is 0.143. The summed E-state index contributed by atoms with van der Waals surface area (Å²) in [5.41, 5.74) is 1.16. The van der Waals surface area contributed by atoms with Crippen LogP contribution in [0.25, 0.3) is 0 Å². The second kappa shape index (κ2) is 7.48. The number of furan rings is 1. The Kier molecular flexibility index (Phi) is 4.72. The minimum absolute atomic E-state index is 0.0315. The van der Waals surface area contributed by atoms with Crippen molar-refractivity contribution in [3.63, 3.8) is 0 Å². The lowest BCUT2D eigenvalue weighted by atomic mass is 10.1. The molecule has 0 saturated carbocycles. The number of nitrogens with one attached hydrogen (secondary N) is 1. The monoisotopic (exact) mass is 379 g/mol. The summed E-state index contributed by atoms with van der Waals surface area (Å²) < 4.78 is 21.8. The molecule has 2 aromatic carbocycles. The highest BCUT2D eigenvalue weighted by Gasteiger charge is 2.15. The van der Waals surface area contributed by atoms with Gasteiger partial charge in [-0.25, -0.2) is 0 Å². The molecule has 7 nitrogen and oxygen atoms in total. The Balaban J connectivity index is 1.35. The summed E-state index contributed by atoms with van der Waals surface area (Å²) in [6.45, 7) is 1.86. The van der Waals surface area contributed by atoms with E-state index in [1.165, 1.54) is 6.92 Å². The summed E-state index contributed by atoms with van der Waals surface area (Å²) in [6.07, 6.45) is 0. The summed E-state index contributed by atoms with van der Waals surface area (Å²) in [7, 11) is 0. The summed E-state index contributed by atoms with van der Waals surface area (Å²) in [6, 6.07) is 15.2. The summed E-state index contributed by atoms with van der Waals surface area (Å²) in [4.78, 5) is 23.6. The molecule has 0 radical (unpaired) electrons. The number of benzene rings is 2. The fourth-order valence-corrected chi connectivity index (χ4v) is 2.68. The Bertz CT molecular complexity index is 1020. The molecule has 28 heavy (non-hydrogen) atoms. The van der Waals surface area contributed by atoms with Crippen LogP contribution in [0.3, 0.4) is 0 Å². The summed E-state index contributed by atoms with van der Waals surface area (Å²) in [5, 5.41) is 2.72. The molecule has 1 aliphatic heterocycles. The third kappa shape index (κ3) is 3.83. The zero-order valence-electron chi connectivity index (χ0n) is 15.1. The van der Waals surface area contributed by atoms with Crippen molar-refractivity contribution in [3.05, 3.63) is 71.7 Å². The average Bonchev–Trinajstić information content (AvgIpc) is 3.35. The smallest absolute Gasteiger partial charge is 0.291 e. The molecule has 0 unspecified atom stereocenters. The number of carbonyl (C=O) groups excluding carboxylic acids is 2. The lowest BCUT2D eigenvalue weighted by Gasteiger charge is -2.05. The van der Waals surface area contributed by atoms with E-state index >= 15 is 0 Å². The fourth-order valence-electron chi connectivity index (χ4n) is 2.68. The van der Waals surface area contributed by atoms with Crippen molar-refractivity contribution in [1.29, 1.82) is 0 Å². The first-order chi connectivity index (χ1) is 13.6. The number of amides is 1. The van der Waals surface area contributed by atoms with Gasteiger partial charge < -0.3 is 23.9 Å². The van der Waals surface area contributed by atoms with Crippen molar-refractivity contribution >= 4 is 17.4 Å². The van der Waals surface area contributed by atoms with Gasteiger partial charge in [0.25, 0.3) is 5.91 Å². The number of carbonyl (C=O) groups is 2. The molecular weight excluding hydrogens is 362 g/mol. The van der Waals surface area contributed by atoms with Gasteiger partial charge in [0.1, 0.15) is 18.1 Å². The maximum absolute atomic E-state index is 12.3. The molecule has 0 spiro atoms. The van der Waals surface area contributed by atoms with E-state index in [0.29, 0.717) is 34.3 Å². The lowest BCUT2D eigenvalue weighted by Crippen LogP contribution is -2.11. The highest BCUT2D eigenvalue weighted by molar-refractivity contribution is 6.02. The minimum atomic E-state index is -0.384. The Labute approximate surface area is 160 Å². The zero-order valence-corrected chi connectivity index (χ0v) is 15.1. The molecule has 1 amide bonds. The van der Waals surface area contributed by atoms with E-state index in [1.807, 2.05) is 0 Å². The van der Waals surface area contributed by atoms with Gasteiger partial charge in [-0.05, 0) is 55.5 Å². The Morgan fingerprint density at radius 2 is 1.79 bits per heavy atom. The predicted octanol–water partition coefficient (Wildman–Crippen LogP) is 4.04. The second-order valence-electron chi connectivity index (χ2n) is 6.16. The van der Waals surface area contributed by atoms with Crippen molar-refractivity contribution < 1.29 is 28.2 Å². The van der Waals surface area contributed by atoms with Gasteiger partial charge in [0.05, 0.1) is 0 Å². The number of Topliss-reactive ketones (excluding diaryl/α,β-unsaturated/α-hetero) is 1. The van der Waals surface area contributed by atoms with E-state index in [0.717, 1.165) is 0 Å². The van der Waals surface area contributed by atoms with Crippen LogP contribution in [0.15, 0.2) is 59.0 Å². The third-order valence-electron chi connectivity index (χ3n) is 4.16. The normalized spacial score (nSPS) is 11.9. The molecule has 0 aliphatic carbocycles. The van der Waals surface area contributed by atoms with Crippen LogP contribution >= 0.6 is 0 Å². The van der Waals surface area contributed by atoms with Crippen LogP contribution in [-0.2, 0) is 6.61 Å². The van der Waals surface area contributed by atoms with Crippen LogP contribution in [0, 0.1) is 0 Å². The minimum Gasteiger partial charge on any atom is -0.486 e. The van der Waals surface area contributed by atoms with Gasteiger partial charge in [-0.3, -0.25) is 9.59 Å². The van der Waals surface area contributed by atoms with E-state index < -0.39 is 0 Å². The first-order valence-electron chi connectivity index (χ1n) is 8.62. The van der Waals surface area contributed by atoms with Crippen molar-refractivity contribution in [3.8, 4) is 17.2 Å². The number of ketones is 1. The van der Waals surface area contributed by atoms with E-state index in [1.54, 1.807) is 54.6 Å². The molecule has 142 valence electrons. The van der Waals surface area contributed by atoms with Gasteiger partial charge in [0.15, 0.2) is 23.0 Å². The maximum Gasteiger partial charge on any atom is 0.291 e. The molecule has 1 aromatic heterocycles. The molecular formula is C21H17NO6. The largest absolute Gasteiger partial charge is 0.486 e. The zero-order chi connectivity index (χ0) is 19.5. The quantitative estimate of drug-likeness (QED) is 0.651. The van der Waals surface area contributed by atoms with E-state index in [9.17, 15) is 9.59 Å². The maximum atomic E-state index is 12.3. The highest BCUT2D eigenvalue weighted by Crippen LogP contribution is 2.35. The van der Waals surface area contributed by atoms with Crippen molar-refractivity contribution in [1.82, 2.24) is 0 Å². The van der Waals surface area contributed by atoms with Crippen molar-refractivity contribution in [2.45, 2.75) is 13.5 Å². The number of hydrogen-bond donors (Lipinski definition) is 1. The average molecular weight is 379 g/mol. The summed E-state index contributed by atoms with van der Waals surface area (Å²) >= 11 is 0. The van der Waals surface area contributed by atoms with Gasteiger partial charge in [-0.15, -0.1) is 0 Å². The number of ether oxygens (including phenoxy) is 3. The van der Waals surface area contributed by atoms with Crippen LogP contribution in [0.4, 0.5) is 5.69 Å². The third-order valence-corrected chi connectivity index (χ3v) is 4.16. The number of rotatable bonds is 6. The van der Waals surface area contributed by atoms with Crippen molar-refractivity contribution in [2.75, 3.05) is 12.1 Å². The number of anilines is 1. The molecule has 1 N–H and O–H groups in total.